The number of unbranched alkanes of at least 4 members (excludes halogenated alkanes) is 2. The summed E-state index contributed by atoms with van der Waals surface area (Å²) in [5, 5.41) is 3.01. The molecule has 0 unspecified atom stereocenters. The van der Waals surface area contributed by atoms with Gasteiger partial charge < -0.3 is 9.88 Å². The molecular formula is C37H47N5O4S. The molecule has 0 spiro atoms. The number of amides is 2. The Labute approximate surface area is 278 Å². The van der Waals surface area contributed by atoms with Crippen molar-refractivity contribution in [1.29, 1.82) is 0 Å². The van der Waals surface area contributed by atoms with Gasteiger partial charge >= 0.3 is 0 Å². The first-order valence-electron chi connectivity index (χ1n) is 17.1. The van der Waals surface area contributed by atoms with Crippen molar-refractivity contribution in [2.75, 3.05) is 5.32 Å². The van der Waals surface area contributed by atoms with Gasteiger partial charge in [-0.25, -0.2) is 23.1 Å². The highest BCUT2D eigenvalue weighted by atomic mass is 32.2. The molecular weight excluding hydrogens is 611 g/mol. The van der Waals surface area contributed by atoms with Crippen LogP contribution < -0.4 is 10.0 Å². The maximum absolute atomic E-state index is 13.3. The Morgan fingerprint density at radius 3 is 2.38 bits per heavy atom. The second-order valence-corrected chi connectivity index (χ2v) is 14.4. The lowest BCUT2D eigenvalue weighted by Crippen LogP contribution is -2.31. The first-order valence-corrected chi connectivity index (χ1v) is 18.6. The zero-order valence-electron chi connectivity index (χ0n) is 27.8. The first kappa shape index (κ1) is 34.3. The summed E-state index contributed by atoms with van der Waals surface area (Å²) >= 11 is 0. The lowest BCUT2D eigenvalue weighted by Gasteiger charge is -2.14. The van der Waals surface area contributed by atoms with E-state index in [0.717, 1.165) is 85.0 Å². The number of sulfonamides is 1. The number of imidazole rings is 1. The highest BCUT2D eigenvalue weighted by Crippen LogP contribution is 2.31. The quantitative estimate of drug-likeness (QED) is 0.135. The minimum absolute atomic E-state index is 0.0158. The van der Waals surface area contributed by atoms with Crippen LogP contribution in [0.15, 0.2) is 59.6 Å². The van der Waals surface area contributed by atoms with E-state index in [0.29, 0.717) is 30.1 Å². The number of rotatable bonds is 15. The van der Waals surface area contributed by atoms with Crippen LogP contribution in [0, 0.1) is 12.8 Å². The second kappa shape index (κ2) is 15.7. The van der Waals surface area contributed by atoms with Crippen LogP contribution in [-0.2, 0) is 32.6 Å². The predicted octanol–water partition coefficient (Wildman–Crippen LogP) is 7.70. The maximum Gasteiger partial charge on any atom is 0.264 e. The van der Waals surface area contributed by atoms with E-state index in [1.165, 1.54) is 12.8 Å². The van der Waals surface area contributed by atoms with Gasteiger partial charge in [0.1, 0.15) is 11.3 Å². The van der Waals surface area contributed by atoms with E-state index in [-0.39, 0.29) is 17.2 Å². The summed E-state index contributed by atoms with van der Waals surface area (Å²) in [6.07, 6.45) is 12.4. The normalized spacial score (nSPS) is 13.7. The third-order valence-corrected chi connectivity index (χ3v) is 10.6. The number of hydrogen-bond donors (Lipinski definition) is 2. The highest BCUT2D eigenvalue weighted by Gasteiger charge is 2.23. The standard InChI is InChI=1S/C37H47N5O4S/c1-4-6-16-33-40-36-26(3)31(39-34(43)17-7-5-2)24-38-37(36)42(33)25-28-18-21-29(22-19-28)30-14-10-11-15-32(30)47(45,46)41-35(44)23-20-27-12-8-9-13-27/h10-11,14-15,18-19,21-22,24,27H,4-9,12-13,16-17,20,23,25H2,1-3H3,(H,39,43)(H,41,44). The largest absolute Gasteiger partial charge is 0.324 e. The molecule has 0 bridgehead atoms. The molecule has 4 aromatic rings. The number of hydrogen-bond acceptors (Lipinski definition) is 6. The van der Waals surface area contributed by atoms with Crippen LogP contribution in [-0.4, -0.2) is 34.8 Å². The predicted molar refractivity (Wildman–Crippen MR) is 187 cm³/mol. The molecule has 2 aromatic heterocycles. The second-order valence-electron chi connectivity index (χ2n) is 12.7. The number of pyridine rings is 1. The number of carbonyl (C=O) groups excluding carboxylic acids is 2. The summed E-state index contributed by atoms with van der Waals surface area (Å²) in [6, 6.07) is 14.6. The molecule has 250 valence electrons. The van der Waals surface area contributed by atoms with E-state index < -0.39 is 15.9 Å². The number of nitrogens with one attached hydrogen (secondary N) is 2. The SMILES string of the molecule is CCCCC(=O)Nc1cnc2c(nc(CCCC)n2Cc2ccc(-c3ccccc3S(=O)(=O)NC(=O)CCC3CCCC3)cc2)c1C. The Bertz CT molecular complexity index is 1810. The van der Waals surface area contributed by atoms with Gasteiger partial charge in [-0.05, 0) is 49.3 Å². The average Bonchev–Trinajstić information content (AvgIpc) is 3.72. The van der Waals surface area contributed by atoms with Gasteiger partial charge in [-0.3, -0.25) is 9.59 Å². The van der Waals surface area contributed by atoms with Gasteiger partial charge in [-0.1, -0.05) is 94.8 Å². The number of aromatic nitrogens is 3. The van der Waals surface area contributed by atoms with Gasteiger partial charge in [0, 0.05) is 30.4 Å². The monoisotopic (exact) mass is 657 g/mol. The van der Waals surface area contributed by atoms with Crippen molar-refractivity contribution >= 4 is 38.7 Å². The van der Waals surface area contributed by atoms with E-state index in [1.807, 2.05) is 31.2 Å². The van der Waals surface area contributed by atoms with Crippen molar-refractivity contribution in [1.82, 2.24) is 19.3 Å². The van der Waals surface area contributed by atoms with Crippen molar-refractivity contribution < 1.29 is 18.0 Å². The lowest BCUT2D eigenvalue weighted by atomic mass is 10.0. The molecule has 2 aromatic carbocycles. The summed E-state index contributed by atoms with van der Waals surface area (Å²) in [5.41, 5.74) is 5.44. The Morgan fingerprint density at radius 1 is 0.936 bits per heavy atom. The van der Waals surface area contributed by atoms with Gasteiger partial charge in [0.25, 0.3) is 10.0 Å². The minimum Gasteiger partial charge on any atom is -0.324 e. The van der Waals surface area contributed by atoms with Crippen LogP contribution in [0.1, 0.15) is 101 Å². The van der Waals surface area contributed by atoms with Crippen molar-refractivity contribution in [3.05, 3.63) is 71.7 Å². The molecule has 1 aliphatic carbocycles. The van der Waals surface area contributed by atoms with Gasteiger partial charge in [0.05, 0.1) is 23.3 Å². The smallest absolute Gasteiger partial charge is 0.264 e. The van der Waals surface area contributed by atoms with Crippen LogP contribution in [0.25, 0.3) is 22.3 Å². The van der Waals surface area contributed by atoms with Crippen LogP contribution in [0.2, 0.25) is 0 Å². The third kappa shape index (κ3) is 8.46. The Kier molecular flexibility index (Phi) is 11.4. The van der Waals surface area contributed by atoms with Crippen LogP contribution >= 0.6 is 0 Å². The van der Waals surface area contributed by atoms with Gasteiger partial charge in [0.15, 0.2) is 5.65 Å². The number of nitrogens with zero attached hydrogens (tertiary/aromatic N) is 3. The number of benzene rings is 2. The average molecular weight is 658 g/mol. The van der Waals surface area contributed by atoms with E-state index in [1.54, 1.807) is 30.5 Å². The molecule has 0 aliphatic heterocycles. The number of anilines is 1. The zero-order valence-corrected chi connectivity index (χ0v) is 28.7. The Hall–Kier alpha value is -4.05. The molecule has 0 atom stereocenters. The van der Waals surface area contributed by atoms with E-state index in [4.69, 9.17) is 9.97 Å². The van der Waals surface area contributed by atoms with Crippen LogP contribution in [0.4, 0.5) is 5.69 Å². The molecule has 1 saturated carbocycles. The molecule has 9 nitrogen and oxygen atoms in total. The first-order chi connectivity index (χ1) is 22.7. The number of aryl methyl sites for hydroxylation is 2. The van der Waals surface area contributed by atoms with Crippen molar-refractivity contribution in [3.8, 4) is 11.1 Å². The Morgan fingerprint density at radius 2 is 1.66 bits per heavy atom. The summed E-state index contributed by atoms with van der Waals surface area (Å²) in [7, 11) is -4.04. The van der Waals surface area contributed by atoms with Crippen molar-refractivity contribution in [2.24, 2.45) is 5.92 Å². The molecule has 0 saturated heterocycles. The van der Waals surface area contributed by atoms with Crippen molar-refractivity contribution in [3.63, 3.8) is 0 Å². The fraction of sp³-hybridized carbons (Fsp3) is 0.459. The molecule has 5 rings (SSSR count). The maximum atomic E-state index is 13.3. The van der Waals surface area contributed by atoms with Crippen molar-refractivity contribution in [2.45, 2.75) is 109 Å². The van der Waals surface area contributed by atoms with Crippen LogP contribution in [0.5, 0.6) is 0 Å². The molecule has 10 heteroatoms. The molecule has 47 heavy (non-hydrogen) atoms. The van der Waals surface area contributed by atoms with Crippen LogP contribution in [0.3, 0.4) is 0 Å². The van der Waals surface area contributed by atoms with Gasteiger partial charge in [0.2, 0.25) is 11.8 Å². The molecule has 2 amide bonds. The molecule has 1 aliphatic rings. The molecule has 1 fully saturated rings. The summed E-state index contributed by atoms with van der Waals surface area (Å²) in [6.45, 7) is 6.73. The fourth-order valence-corrected chi connectivity index (χ4v) is 7.64. The van der Waals surface area contributed by atoms with E-state index >= 15 is 0 Å². The number of carbonyl (C=O) groups is 2. The third-order valence-electron chi connectivity index (χ3n) is 9.17. The summed E-state index contributed by atoms with van der Waals surface area (Å²) < 4.78 is 31.1. The molecule has 2 heterocycles. The topological polar surface area (TPSA) is 123 Å². The molecule has 0 radical (unpaired) electrons. The highest BCUT2D eigenvalue weighted by molar-refractivity contribution is 7.90. The van der Waals surface area contributed by atoms with E-state index in [9.17, 15) is 18.0 Å². The zero-order chi connectivity index (χ0) is 33.4. The summed E-state index contributed by atoms with van der Waals surface area (Å²) in [5.74, 6) is 0.981. The Balaban J connectivity index is 1.36. The van der Waals surface area contributed by atoms with E-state index in [2.05, 4.69) is 28.5 Å². The molecule has 2 N–H and O–H groups in total. The fourth-order valence-electron chi connectivity index (χ4n) is 6.39. The minimum atomic E-state index is -4.04. The van der Waals surface area contributed by atoms with Gasteiger partial charge in [-0.2, -0.15) is 0 Å². The summed E-state index contributed by atoms with van der Waals surface area (Å²) in [4.78, 5) is 34.9. The lowest BCUT2D eigenvalue weighted by molar-refractivity contribution is -0.119. The number of fused-ring (bicyclic) bond motifs is 1. The van der Waals surface area contributed by atoms with Gasteiger partial charge in [-0.15, -0.1) is 0 Å².